The first kappa shape index (κ1) is 13.7. The minimum absolute atomic E-state index is 0.0425. The third-order valence-electron chi connectivity index (χ3n) is 3.25. The molecule has 0 aromatic heterocycles. The van der Waals surface area contributed by atoms with E-state index in [1.807, 2.05) is 0 Å². The summed E-state index contributed by atoms with van der Waals surface area (Å²) < 4.78 is 10.4. The molecule has 4 N–H and O–H groups in total. The van der Waals surface area contributed by atoms with E-state index in [9.17, 15) is 4.79 Å². The van der Waals surface area contributed by atoms with Crippen molar-refractivity contribution in [2.45, 2.75) is 18.9 Å². The van der Waals surface area contributed by atoms with Crippen molar-refractivity contribution >= 4 is 11.8 Å². The van der Waals surface area contributed by atoms with Crippen LogP contribution in [0.2, 0.25) is 0 Å². The van der Waals surface area contributed by atoms with Gasteiger partial charge in [0.15, 0.2) is 0 Å². The van der Waals surface area contributed by atoms with E-state index in [-0.39, 0.29) is 17.9 Å². The number of aliphatic imine (C=N–C) groups is 1. The number of hydrogen-bond acceptors (Lipinski definition) is 6. The van der Waals surface area contributed by atoms with Gasteiger partial charge >= 0.3 is 0 Å². The predicted octanol–water partition coefficient (Wildman–Crippen LogP) is -0.696. The Labute approximate surface area is 112 Å². The third kappa shape index (κ3) is 3.60. The molecular formula is C12H20N4O3. The van der Waals surface area contributed by atoms with E-state index < -0.39 is 0 Å². The molecule has 1 fully saturated rings. The average Bonchev–Trinajstić information content (AvgIpc) is 2.46. The number of carbonyl (C=O) groups is 1. The van der Waals surface area contributed by atoms with Gasteiger partial charge in [0.2, 0.25) is 11.8 Å². The molecule has 0 aliphatic carbocycles. The van der Waals surface area contributed by atoms with Crippen molar-refractivity contribution in [3.8, 4) is 0 Å². The minimum Gasteiger partial charge on any atom is -0.482 e. The number of carbonyl (C=O) groups excluding carboxylic acids is 1. The van der Waals surface area contributed by atoms with Crippen LogP contribution in [-0.4, -0.2) is 44.7 Å². The predicted molar refractivity (Wildman–Crippen MR) is 70.2 cm³/mol. The van der Waals surface area contributed by atoms with E-state index in [0.717, 1.165) is 12.8 Å². The molecule has 7 heteroatoms. The highest BCUT2D eigenvalue weighted by Crippen LogP contribution is 2.14. The number of nitrogens with zero attached hydrogens (tertiary/aromatic N) is 1. The second kappa shape index (κ2) is 6.42. The standard InChI is InChI=1S/C12H20N4O3/c1-18-12-9(14-7-10(13)16-12)6-15-11(17)8-2-4-19-5-3-8/h7-9,14H,2-6,13H2,1H3,(H,15,17). The summed E-state index contributed by atoms with van der Waals surface area (Å²) in [4.78, 5) is 16.1. The summed E-state index contributed by atoms with van der Waals surface area (Å²) in [6.45, 7) is 1.74. The van der Waals surface area contributed by atoms with Crippen LogP contribution in [0.25, 0.3) is 0 Å². The smallest absolute Gasteiger partial charge is 0.223 e. The van der Waals surface area contributed by atoms with Gasteiger partial charge in [0.25, 0.3) is 0 Å². The summed E-state index contributed by atoms with van der Waals surface area (Å²) in [7, 11) is 1.53. The van der Waals surface area contributed by atoms with E-state index in [1.54, 1.807) is 6.20 Å². The van der Waals surface area contributed by atoms with Crippen molar-refractivity contribution in [1.29, 1.82) is 0 Å². The van der Waals surface area contributed by atoms with Gasteiger partial charge in [-0.25, -0.2) is 0 Å². The Balaban J connectivity index is 1.82. The molecule has 106 valence electrons. The highest BCUT2D eigenvalue weighted by molar-refractivity contribution is 5.85. The van der Waals surface area contributed by atoms with E-state index in [1.165, 1.54) is 7.11 Å². The first-order valence-corrected chi connectivity index (χ1v) is 6.40. The quantitative estimate of drug-likeness (QED) is 0.629. The molecular weight excluding hydrogens is 248 g/mol. The van der Waals surface area contributed by atoms with Crippen LogP contribution in [-0.2, 0) is 14.3 Å². The van der Waals surface area contributed by atoms with Gasteiger partial charge in [-0.2, -0.15) is 4.99 Å². The Bertz CT molecular complexity index is 388. The largest absolute Gasteiger partial charge is 0.482 e. The van der Waals surface area contributed by atoms with E-state index >= 15 is 0 Å². The number of rotatable bonds is 3. The van der Waals surface area contributed by atoms with Crippen LogP contribution in [0.4, 0.5) is 0 Å². The molecule has 0 saturated carbocycles. The fourth-order valence-corrected chi connectivity index (χ4v) is 2.14. The van der Waals surface area contributed by atoms with Gasteiger partial charge in [-0.05, 0) is 12.8 Å². The van der Waals surface area contributed by atoms with Crippen molar-refractivity contribution < 1.29 is 14.3 Å². The SMILES string of the molecule is COC1=NC(N)=CNC1CNC(=O)C1CCOCC1. The van der Waals surface area contributed by atoms with Gasteiger partial charge in [-0.3, -0.25) is 4.79 Å². The zero-order valence-corrected chi connectivity index (χ0v) is 11.0. The van der Waals surface area contributed by atoms with Gasteiger partial charge < -0.3 is 25.8 Å². The molecule has 0 aromatic rings. The van der Waals surface area contributed by atoms with Gasteiger partial charge in [0.1, 0.15) is 11.9 Å². The van der Waals surface area contributed by atoms with Crippen molar-refractivity contribution in [3.63, 3.8) is 0 Å². The lowest BCUT2D eigenvalue weighted by molar-refractivity contribution is -0.127. The first-order valence-electron chi connectivity index (χ1n) is 6.40. The van der Waals surface area contributed by atoms with Crippen LogP contribution >= 0.6 is 0 Å². The molecule has 1 unspecified atom stereocenters. The Morgan fingerprint density at radius 1 is 1.63 bits per heavy atom. The third-order valence-corrected chi connectivity index (χ3v) is 3.25. The molecule has 2 rings (SSSR count). The Kier molecular flexibility index (Phi) is 4.62. The molecule has 0 aromatic carbocycles. The highest BCUT2D eigenvalue weighted by Gasteiger charge is 2.24. The Morgan fingerprint density at radius 3 is 3.05 bits per heavy atom. The van der Waals surface area contributed by atoms with E-state index in [2.05, 4.69) is 15.6 Å². The Hall–Kier alpha value is -1.76. The molecule has 1 saturated heterocycles. The Morgan fingerprint density at radius 2 is 2.37 bits per heavy atom. The van der Waals surface area contributed by atoms with Crippen molar-refractivity contribution in [2.24, 2.45) is 16.6 Å². The van der Waals surface area contributed by atoms with Gasteiger partial charge in [-0.15, -0.1) is 0 Å². The van der Waals surface area contributed by atoms with Crippen LogP contribution < -0.4 is 16.4 Å². The van der Waals surface area contributed by atoms with Crippen molar-refractivity contribution in [2.75, 3.05) is 26.9 Å². The highest BCUT2D eigenvalue weighted by atomic mass is 16.5. The minimum atomic E-state index is -0.180. The van der Waals surface area contributed by atoms with Crippen LogP contribution in [0.1, 0.15) is 12.8 Å². The summed E-state index contributed by atoms with van der Waals surface area (Å²) in [5.74, 6) is 0.945. The number of methoxy groups -OCH3 is 1. The summed E-state index contributed by atoms with van der Waals surface area (Å²) >= 11 is 0. The molecule has 0 bridgehead atoms. The molecule has 2 aliphatic rings. The molecule has 0 radical (unpaired) electrons. The maximum atomic E-state index is 12.0. The monoisotopic (exact) mass is 268 g/mol. The fraction of sp³-hybridized carbons (Fsp3) is 0.667. The van der Waals surface area contributed by atoms with Crippen LogP contribution in [0.3, 0.4) is 0 Å². The normalized spacial score (nSPS) is 23.9. The lowest BCUT2D eigenvalue weighted by Crippen LogP contribution is -2.48. The van der Waals surface area contributed by atoms with Gasteiger partial charge in [0, 0.05) is 31.9 Å². The zero-order chi connectivity index (χ0) is 13.7. The molecule has 2 aliphatic heterocycles. The summed E-state index contributed by atoms with van der Waals surface area (Å²) in [5.41, 5.74) is 5.57. The molecule has 0 spiro atoms. The average molecular weight is 268 g/mol. The van der Waals surface area contributed by atoms with Crippen LogP contribution in [0.15, 0.2) is 17.0 Å². The van der Waals surface area contributed by atoms with E-state index in [4.69, 9.17) is 15.2 Å². The van der Waals surface area contributed by atoms with E-state index in [0.29, 0.717) is 31.5 Å². The second-order valence-electron chi connectivity index (χ2n) is 4.57. The van der Waals surface area contributed by atoms with Gasteiger partial charge in [-0.1, -0.05) is 0 Å². The second-order valence-corrected chi connectivity index (χ2v) is 4.57. The molecule has 2 heterocycles. The number of nitrogens with two attached hydrogens (primary N) is 1. The van der Waals surface area contributed by atoms with Crippen LogP contribution in [0.5, 0.6) is 0 Å². The lowest BCUT2D eigenvalue weighted by Gasteiger charge is -2.25. The first-order chi connectivity index (χ1) is 9.20. The summed E-state index contributed by atoms with van der Waals surface area (Å²) in [6.07, 6.45) is 3.16. The summed E-state index contributed by atoms with van der Waals surface area (Å²) in [5, 5.41) is 5.96. The number of nitrogens with one attached hydrogen (secondary N) is 2. The molecule has 19 heavy (non-hydrogen) atoms. The topological polar surface area (TPSA) is 98.0 Å². The number of amides is 1. The van der Waals surface area contributed by atoms with Gasteiger partial charge in [0.05, 0.1) is 7.11 Å². The lowest BCUT2D eigenvalue weighted by atomic mass is 9.99. The fourth-order valence-electron chi connectivity index (χ4n) is 2.14. The van der Waals surface area contributed by atoms with Crippen LogP contribution in [0, 0.1) is 5.92 Å². The maximum absolute atomic E-state index is 12.0. The molecule has 1 amide bonds. The number of ether oxygens (including phenoxy) is 2. The molecule has 7 nitrogen and oxygen atoms in total. The van der Waals surface area contributed by atoms with Crippen molar-refractivity contribution in [1.82, 2.24) is 10.6 Å². The molecule has 1 atom stereocenters. The summed E-state index contributed by atoms with van der Waals surface area (Å²) in [6, 6.07) is -0.180. The van der Waals surface area contributed by atoms with Crippen molar-refractivity contribution in [3.05, 3.63) is 12.0 Å². The maximum Gasteiger partial charge on any atom is 0.223 e. The number of hydrogen-bond donors (Lipinski definition) is 3. The zero-order valence-electron chi connectivity index (χ0n) is 11.0.